The van der Waals surface area contributed by atoms with Gasteiger partial charge >= 0.3 is 0 Å². The van der Waals surface area contributed by atoms with Gasteiger partial charge in [-0.15, -0.1) is 0 Å². The van der Waals surface area contributed by atoms with E-state index >= 15 is 0 Å². The molecule has 2 aromatic rings. The molecule has 0 bridgehead atoms. The van der Waals surface area contributed by atoms with Gasteiger partial charge in [-0.25, -0.2) is 9.97 Å². The Morgan fingerprint density at radius 1 is 1.20 bits per heavy atom. The summed E-state index contributed by atoms with van der Waals surface area (Å²) in [6.45, 7) is 5.51. The van der Waals surface area contributed by atoms with E-state index < -0.39 is 0 Å². The third-order valence-electron chi connectivity index (χ3n) is 4.03. The fraction of sp³-hybridized carbons (Fsp3) is 0.438. The van der Waals surface area contributed by atoms with Crippen molar-refractivity contribution in [3.05, 3.63) is 30.3 Å². The Hall–Kier alpha value is -2.97. The topological polar surface area (TPSA) is 95.7 Å². The molecule has 2 amide bonds. The van der Waals surface area contributed by atoms with Crippen LogP contribution in [0.15, 0.2) is 29.0 Å². The number of piperazine rings is 1. The van der Waals surface area contributed by atoms with Gasteiger partial charge in [-0.2, -0.15) is 0 Å². The van der Waals surface area contributed by atoms with E-state index in [4.69, 9.17) is 4.52 Å². The number of carbonyl (C=O) groups is 2. The van der Waals surface area contributed by atoms with Gasteiger partial charge in [0.05, 0.1) is 0 Å². The SMILES string of the molecule is CC(=O)N(CC(=O)N1CCN(c2ncccn2)CC1)c1cc(C)on1. The molecule has 1 fully saturated rings. The number of rotatable bonds is 4. The van der Waals surface area contributed by atoms with Crippen LogP contribution in [0.25, 0.3) is 0 Å². The van der Waals surface area contributed by atoms with Gasteiger partial charge in [-0.05, 0) is 13.0 Å². The van der Waals surface area contributed by atoms with Crippen molar-refractivity contribution in [3.63, 3.8) is 0 Å². The van der Waals surface area contributed by atoms with Crippen LogP contribution >= 0.6 is 0 Å². The van der Waals surface area contributed by atoms with Crippen LogP contribution in [0.2, 0.25) is 0 Å². The molecular formula is C16H20N6O3. The van der Waals surface area contributed by atoms with Crippen LogP contribution in [0.3, 0.4) is 0 Å². The van der Waals surface area contributed by atoms with E-state index in [1.807, 2.05) is 4.90 Å². The molecule has 0 aromatic carbocycles. The standard InChI is InChI=1S/C16H20N6O3/c1-12-10-14(19-25-12)22(13(2)23)11-15(24)20-6-8-21(9-7-20)16-17-4-3-5-18-16/h3-5,10H,6-9,11H2,1-2H3. The molecule has 0 aliphatic carbocycles. The van der Waals surface area contributed by atoms with Crippen molar-refractivity contribution < 1.29 is 14.1 Å². The summed E-state index contributed by atoms with van der Waals surface area (Å²) in [5.41, 5.74) is 0. The van der Waals surface area contributed by atoms with Crippen molar-refractivity contribution in [2.75, 3.05) is 42.5 Å². The summed E-state index contributed by atoms with van der Waals surface area (Å²) in [5.74, 6) is 1.24. The molecule has 1 saturated heterocycles. The summed E-state index contributed by atoms with van der Waals surface area (Å²) < 4.78 is 5.00. The summed E-state index contributed by atoms with van der Waals surface area (Å²) in [7, 11) is 0. The first kappa shape index (κ1) is 16.9. The molecule has 1 aliphatic heterocycles. The monoisotopic (exact) mass is 344 g/mol. The van der Waals surface area contributed by atoms with Crippen LogP contribution in [-0.2, 0) is 9.59 Å². The average Bonchev–Trinajstić information content (AvgIpc) is 3.06. The van der Waals surface area contributed by atoms with E-state index in [2.05, 4.69) is 15.1 Å². The molecule has 0 atom stereocenters. The van der Waals surface area contributed by atoms with Gasteiger partial charge in [-0.1, -0.05) is 5.16 Å². The Morgan fingerprint density at radius 3 is 2.44 bits per heavy atom. The van der Waals surface area contributed by atoms with Gasteiger partial charge < -0.3 is 14.3 Å². The van der Waals surface area contributed by atoms with E-state index in [-0.39, 0.29) is 18.4 Å². The van der Waals surface area contributed by atoms with Gasteiger partial charge in [-0.3, -0.25) is 14.5 Å². The van der Waals surface area contributed by atoms with Gasteiger partial charge in [0.25, 0.3) is 0 Å². The molecule has 9 heteroatoms. The lowest BCUT2D eigenvalue weighted by molar-refractivity contribution is -0.131. The highest BCUT2D eigenvalue weighted by Gasteiger charge is 2.26. The highest BCUT2D eigenvalue weighted by Crippen LogP contribution is 2.15. The van der Waals surface area contributed by atoms with Crippen LogP contribution in [0, 0.1) is 6.92 Å². The smallest absolute Gasteiger partial charge is 0.242 e. The lowest BCUT2D eigenvalue weighted by Crippen LogP contribution is -2.52. The maximum absolute atomic E-state index is 12.6. The molecule has 3 rings (SSSR count). The molecule has 25 heavy (non-hydrogen) atoms. The molecule has 132 valence electrons. The lowest BCUT2D eigenvalue weighted by Gasteiger charge is -2.35. The Balaban J connectivity index is 1.59. The number of carbonyl (C=O) groups excluding carboxylic acids is 2. The number of nitrogens with zero attached hydrogens (tertiary/aromatic N) is 6. The van der Waals surface area contributed by atoms with Crippen LogP contribution < -0.4 is 9.80 Å². The molecule has 9 nitrogen and oxygen atoms in total. The summed E-state index contributed by atoms with van der Waals surface area (Å²) in [6.07, 6.45) is 3.40. The first-order valence-corrected chi connectivity index (χ1v) is 8.06. The van der Waals surface area contributed by atoms with Crippen molar-refractivity contribution in [1.29, 1.82) is 0 Å². The zero-order chi connectivity index (χ0) is 17.8. The number of hydrogen-bond acceptors (Lipinski definition) is 7. The molecule has 2 aromatic heterocycles. The Kier molecular flexibility index (Phi) is 4.92. The van der Waals surface area contributed by atoms with Crippen molar-refractivity contribution in [3.8, 4) is 0 Å². The minimum Gasteiger partial charge on any atom is -0.360 e. The molecule has 0 spiro atoms. The second-order valence-corrected chi connectivity index (χ2v) is 5.82. The Labute approximate surface area is 145 Å². The Morgan fingerprint density at radius 2 is 1.88 bits per heavy atom. The van der Waals surface area contributed by atoms with Crippen LogP contribution in [0.1, 0.15) is 12.7 Å². The number of aromatic nitrogens is 3. The maximum Gasteiger partial charge on any atom is 0.242 e. The van der Waals surface area contributed by atoms with Crippen LogP contribution in [0.4, 0.5) is 11.8 Å². The van der Waals surface area contributed by atoms with Crippen LogP contribution in [0.5, 0.6) is 0 Å². The molecule has 0 saturated carbocycles. The third kappa shape index (κ3) is 3.93. The molecule has 1 aliphatic rings. The fourth-order valence-electron chi connectivity index (χ4n) is 2.68. The van der Waals surface area contributed by atoms with Crippen molar-refractivity contribution in [2.24, 2.45) is 0 Å². The highest BCUT2D eigenvalue weighted by molar-refractivity contribution is 5.96. The van der Waals surface area contributed by atoms with E-state index in [1.165, 1.54) is 11.8 Å². The van der Waals surface area contributed by atoms with E-state index in [0.29, 0.717) is 43.7 Å². The lowest BCUT2D eigenvalue weighted by atomic mass is 10.3. The number of anilines is 2. The van der Waals surface area contributed by atoms with Crippen molar-refractivity contribution in [1.82, 2.24) is 20.0 Å². The first-order valence-electron chi connectivity index (χ1n) is 8.06. The summed E-state index contributed by atoms with van der Waals surface area (Å²) in [5, 5.41) is 3.82. The van der Waals surface area contributed by atoms with Crippen molar-refractivity contribution in [2.45, 2.75) is 13.8 Å². The predicted octanol–water partition coefficient (Wildman–Crippen LogP) is 0.475. The molecular weight excluding hydrogens is 324 g/mol. The van der Waals surface area contributed by atoms with Crippen molar-refractivity contribution >= 4 is 23.6 Å². The molecule has 0 N–H and O–H groups in total. The van der Waals surface area contributed by atoms with Gasteiger partial charge in [0.1, 0.15) is 12.3 Å². The zero-order valence-corrected chi connectivity index (χ0v) is 14.3. The minimum absolute atomic E-state index is 0.0524. The van der Waals surface area contributed by atoms with Gasteiger partial charge in [0.2, 0.25) is 17.8 Å². The largest absolute Gasteiger partial charge is 0.360 e. The number of amides is 2. The second-order valence-electron chi connectivity index (χ2n) is 5.82. The van der Waals surface area contributed by atoms with E-state index in [9.17, 15) is 9.59 Å². The predicted molar refractivity (Wildman–Crippen MR) is 90.1 cm³/mol. The number of hydrogen-bond donors (Lipinski definition) is 0. The summed E-state index contributed by atoms with van der Waals surface area (Å²) >= 11 is 0. The summed E-state index contributed by atoms with van der Waals surface area (Å²) in [4.78, 5) is 38.0. The summed E-state index contributed by atoms with van der Waals surface area (Å²) in [6, 6.07) is 3.41. The normalized spacial score (nSPS) is 14.5. The third-order valence-corrected chi connectivity index (χ3v) is 4.03. The van der Waals surface area contributed by atoms with E-state index in [1.54, 1.807) is 36.4 Å². The van der Waals surface area contributed by atoms with Gasteiger partial charge in [0, 0.05) is 51.6 Å². The molecule has 3 heterocycles. The molecule has 0 unspecified atom stereocenters. The molecule has 0 radical (unpaired) electrons. The maximum atomic E-state index is 12.6. The zero-order valence-electron chi connectivity index (χ0n) is 14.3. The Bertz CT molecular complexity index is 739. The van der Waals surface area contributed by atoms with E-state index in [0.717, 1.165) is 0 Å². The average molecular weight is 344 g/mol. The van der Waals surface area contributed by atoms with Gasteiger partial charge in [0.15, 0.2) is 5.82 Å². The van der Waals surface area contributed by atoms with Crippen LogP contribution in [-0.4, -0.2) is 64.6 Å². The minimum atomic E-state index is -0.252. The number of aryl methyl sites for hydroxylation is 1. The highest BCUT2D eigenvalue weighted by atomic mass is 16.5. The fourth-order valence-corrected chi connectivity index (χ4v) is 2.68. The first-order chi connectivity index (χ1) is 12.0. The second kappa shape index (κ2) is 7.29. The quantitative estimate of drug-likeness (QED) is 0.796.